The Morgan fingerprint density at radius 2 is 2.14 bits per heavy atom. The van der Waals surface area contributed by atoms with Crippen LogP contribution in [-0.2, 0) is 4.74 Å². The fourth-order valence-corrected chi connectivity index (χ4v) is 3.21. The van der Waals surface area contributed by atoms with Gasteiger partial charge >= 0.3 is 0 Å². The Hall–Kier alpha value is -1.17. The van der Waals surface area contributed by atoms with Crippen molar-refractivity contribution in [1.82, 2.24) is 9.88 Å². The van der Waals surface area contributed by atoms with Crippen LogP contribution in [0.5, 0.6) is 0 Å². The molecule has 0 amide bonds. The first-order chi connectivity index (χ1) is 10.3. The summed E-state index contributed by atoms with van der Waals surface area (Å²) in [6.07, 6.45) is 3.36. The minimum absolute atomic E-state index is 0.446. The number of rotatable bonds is 4. The van der Waals surface area contributed by atoms with Crippen LogP contribution in [0.1, 0.15) is 31.6 Å². The summed E-state index contributed by atoms with van der Waals surface area (Å²) in [7, 11) is 0. The molecule has 0 spiro atoms. The number of aromatic nitrogens is 1. The van der Waals surface area contributed by atoms with Crippen LogP contribution in [0.15, 0.2) is 18.3 Å². The lowest BCUT2D eigenvalue weighted by molar-refractivity contribution is 0.0209. The molecule has 2 fully saturated rings. The Morgan fingerprint density at radius 3 is 2.81 bits per heavy atom. The monoisotopic (exact) mass is 291 g/mol. The minimum atomic E-state index is -0.446. The summed E-state index contributed by atoms with van der Waals surface area (Å²) in [4.78, 5) is 9.35. The number of hydrogen-bond donors (Lipinski definition) is 1. The second kappa shape index (κ2) is 6.73. The van der Waals surface area contributed by atoms with Gasteiger partial charge in [-0.15, -0.1) is 0 Å². The summed E-state index contributed by atoms with van der Waals surface area (Å²) in [5.74, 6) is 0. The maximum atomic E-state index is 9.80. The number of pyridine rings is 1. The maximum absolute atomic E-state index is 9.80. The molecule has 1 aromatic heterocycles. The van der Waals surface area contributed by atoms with E-state index in [1.54, 1.807) is 0 Å². The predicted molar refractivity (Wildman–Crippen MR) is 82.5 cm³/mol. The normalized spacial score (nSPS) is 25.2. The number of anilines is 1. The van der Waals surface area contributed by atoms with Gasteiger partial charge in [-0.3, -0.25) is 9.88 Å². The van der Waals surface area contributed by atoms with Gasteiger partial charge in [-0.25, -0.2) is 0 Å². The SMILES string of the molecule is CC[C@@H](O)c1ccc(N2CCC(N3CCOCC3)C2)cn1. The van der Waals surface area contributed by atoms with Crippen molar-refractivity contribution in [3.8, 4) is 0 Å². The third-order valence-corrected chi connectivity index (χ3v) is 4.59. The molecule has 3 rings (SSSR count). The highest BCUT2D eigenvalue weighted by molar-refractivity contribution is 5.46. The zero-order chi connectivity index (χ0) is 14.7. The van der Waals surface area contributed by atoms with E-state index < -0.39 is 6.10 Å². The lowest BCUT2D eigenvalue weighted by Crippen LogP contribution is -2.44. The summed E-state index contributed by atoms with van der Waals surface area (Å²) in [5.41, 5.74) is 1.93. The highest BCUT2D eigenvalue weighted by atomic mass is 16.5. The van der Waals surface area contributed by atoms with Gasteiger partial charge in [0.1, 0.15) is 0 Å². The molecule has 5 heteroatoms. The van der Waals surface area contributed by atoms with Gasteiger partial charge in [-0.1, -0.05) is 6.92 Å². The molecule has 0 saturated carbocycles. The summed E-state index contributed by atoms with van der Waals surface area (Å²) < 4.78 is 5.43. The van der Waals surface area contributed by atoms with Crippen LogP contribution in [0.3, 0.4) is 0 Å². The zero-order valence-electron chi connectivity index (χ0n) is 12.7. The van der Waals surface area contributed by atoms with Crippen molar-refractivity contribution in [2.75, 3.05) is 44.3 Å². The van der Waals surface area contributed by atoms with Gasteiger partial charge in [0.15, 0.2) is 0 Å². The van der Waals surface area contributed by atoms with Crippen molar-refractivity contribution in [3.63, 3.8) is 0 Å². The van der Waals surface area contributed by atoms with E-state index >= 15 is 0 Å². The standard InChI is InChI=1S/C16H25N3O2/c1-2-16(20)15-4-3-13(11-17-15)19-6-5-14(12-19)18-7-9-21-10-8-18/h3-4,11,14,16,20H,2,5-10,12H2,1H3/t14?,16-/m1/s1. The molecule has 2 aliphatic rings. The van der Waals surface area contributed by atoms with E-state index in [0.717, 1.165) is 50.8 Å². The molecule has 21 heavy (non-hydrogen) atoms. The quantitative estimate of drug-likeness (QED) is 0.909. The summed E-state index contributed by atoms with van der Waals surface area (Å²) in [5, 5.41) is 9.80. The molecule has 1 aromatic rings. The van der Waals surface area contributed by atoms with Gasteiger partial charge in [0, 0.05) is 32.2 Å². The van der Waals surface area contributed by atoms with E-state index in [4.69, 9.17) is 4.74 Å². The van der Waals surface area contributed by atoms with Crippen molar-refractivity contribution in [1.29, 1.82) is 0 Å². The number of morpholine rings is 1. The molecule has 5 nitrogen and oxygen atoms in total. The van der Waals surface area contributed by atoms with Gasteiger partial charge < -0.3 is 14.7 Å². The smallest absolute Gasteiger partial charge is 0.0957 e. The number of nitrogens with zero attached hydrogens (tertiary/aromatic N) is 3. The summed E-state index contributed by atoms with van der Waals surface area (Å²) in [6.45, 7) is 7.95. The zero-order valence-corrected chi connectivity index (χ0v) is 12.7. The van der Waals surface area contributed by atoms with E-state index in [-0.39, 0.29) is 0 Å². The van der Waals surface area contributed by atoms with Crippen LogP contribution in [0, 0.1) is 0 Å². The van der Waals surface area contributed by atoms with Gasteiger partial charge in [0.2, 0.25) is 0 Å². The lowest BCUT2D eigenvalue weighted by atomic mass is 10.2. The molecular formula is C16H25N3O2. The van der Waals surface area contributed by atoms with Crippen LogP contribution in [0.25, 0.3) is 0 Å². The average Bonchev–Trinajstić information content (AvgIpc) is 3.05. The predicted octanol–water partition coefficient (Wildman–Crippen LogP) is 1.44. The highest BCUT2D eigenvalue weighted by Gasteiger charge is 2.28. The van der Waals surface area contributed by atoms with Crippen LogP contribution in [0.2, 0.25) is 0 Å². The number of hydrogen-bond acceptors (Lipinski definition) is 5. The Balaban J connectivity index is 1.60. The minimum Gasteiger partial charge on any atom is -0.387 e. The fraction of sp³-hybridized carbons (Fsp3) is 0.688. The molecule has 2 atom stereocenters. The lowest BCUT2D eigenvalue weighted by Gasteiger charge is -2.32. The first-order valence-corrected chi connectivity index (χ1v) is 7.98. The molecule has 0 aromatic carbocycles. The van der Waals surface area contributed by atoms with Crippen LogP contribution < -0.4 is 4.90 Å². The van der Waals surface area contributed by atoms with Crippen molar-refractivity contribution < 1.29 is 9.84 Å². The summed E-state index contributed by atoms with van der Waals surface area (Å²) in [6, 6.07) is 4.67. The molecule has 0 bridgehead atoms. The van der Waals surface area contributed by atoms with Crippen molar-refractivity contribution in [3.05, 3.63) is 24.0 Å². The van der Waals surface area contributed by atoms with Gasteiger partial charge in [-0.05, 0) is 25.0 Å². The van der Waals surface area contributed by atoms with Crippen molar-refractivity contribution in [2.24, 2.45) is 0 Å². The van der Waals surface area contributed by atoms with E-state index in [0.29, 0.717) is 12.5 Å². The topological polar surface area (TPSA) is 48.8 Å². The third-order valence-electron chi connectivity index (χ3n) is 4.59. The van der Waals surface area contributed by atoms with Gasteiger partial charge in [-0.2, -0.15) is 0 Å². The Morgan fingerprint density at radius 1 is 1.33 bits per heavy atom. The first kappa shape index (κ1) is 14.8. The molecule has 2 saturated heterocycles. The highest BCUT2D eigenvalue weighted by Crippen LogP contribution is 2.24. The van der Waals surface area contributed by atoms with Crippen LogP contribution >= 0.6 is 0 Å². The largest absolute Gasteiger partial charge is 0.387 e. The van der Waals surface area contributed by atoms with Crippen LogP contribution in [-0.4, -0.2) is 60.4 Å². The molecular weight excluding hydrogens is 266 g/mol. The first-order valence-electron chi connectivity index (χ1n) is 7.98. The summed E-state index contributed by atoms with van der Waals surface area (Å²) >= 11 is 0. The third kappa shape index (κ3) is 3.36. The molecule has 0 aliphatic carbocycles. The molecule has 116 valence electrons. The second-order valence-corrected chi connectivity index (χ2v) is 5.90. The second-order valence-electron chi connectivity index (χ2n) is 5.90. The van der Waals surface area contributed by atoms with E-state index in [2.05, 4.69) is 20.9 Å². The number of ether oxygens (including phenoxy) is 1. The Bertz CT molecular complexity index is 445. The maximum Gasteiger partial charge on any atom is 0.0957 e. The van der Waals surface area contributed by atoms with Crippen molar-refractivity contribution in [2.45, 2.75) is 31.9 Å². The van der Waals surface area contributed by atoms with E-state index in [1.165, 1.54) is 6.42 Å². The molecule has 1 N–H and O–H groups in total. The Labute approximate surface area is 126 Å². The molecule has 0 radical (unpaired) electrons. The van der Waals surface area contributed by atoms with Crippen molar-refractivity contribution >= 4 is 5.69 Å². The fourth-order valence-electron chi connectivity index (χ4n) is 3.21. The van der Waals surface area contributed by atoms with Gasteiger partial charge in [0.25, 0.3) is 0 Å². The van der Waals surface area contributed by atoms with Gasteiger partial charge in [0.05, 0.1) is 36.9 Å². The number of aliphatic hydroxyl groups excluding tert-OH is 1. The van der Waals surface area contributed by atoms with E-state index in [9.17, 15) is 5.11 Å². The average molecular weight is 291 g/mol. The van der Waals surface area contributed by atoms with E-state index in [1.807, 2.05) is 19.2 Å². The molecule has 2 aliphatic heterocycles. The van der Waals surface area contributed by atoms with Crippen LogP contribution in [0.4, 0.5) is 5.69 Å². The molecule has 1 unspecified atom stereocenters. The molecule has 3 heterocycles. The number of aliphatic hydroxyl groups is 1. The Kier molecular flexibility index (Phi) is 4.73.